The van der Waals surface area contributed by atoms with E-state index < -0.39 is 0 Å². The van der Waals surface area contributed by atoms with E-state index in [0.717, 1.165) is 31.5 Å². The average Bonchev–Trinajstić information content (AvgIpc) is 2.92. The molecule has 1 heterocycles. The molecule has 1 N–H and O–H groups in total. The van der Waals surface area contributed by atoms with Gasteiger partial charge in [0.25, 0.3) is 0 Å². The summed E-state index contributed by atoms with van der Waals surface area (Å²) in [4.78, 5) is 0. The van der Waals surface area contributed by atoms with E-state index in [4.69, 9.17) is 0 Å². The molecule has 0 saturated carbocycles. The molecule has 1 aromatic heterocycles. The SMILES string of the molecule is CCCNC(c1cnn(CCC)c1)c1cccc(C)c1F. The number of nitrogens with one attached hydrogen (secondary N) is 1. The summed E-state index contributed by atoms with van der Waals surface area (Å²) in [5, 5.41) is 7.80. The Labute approximate surface area is 126 Å². The Bertz CT molecular complexity index is 577. The van der Waals surface area contributed by atoms with Crippen molar-refractivity contribution >= 4 is 0 Å². The maximum atomic E-state index is 14.5. The van der Waals surface area contributed by atoms with Crippen LogP contribution in [-0.4, -0.2) is 16.3 Å². The van der Waals surface area contributed by atoms with E-state index in [1.165, 1.54) is 0 Å². The minimum Gasteiger partial charge on any atom is -0.306 e. The minimum atomic E-state index is -0.143. The quantitative estimate of drug-likeness (QED) is 0.839. The van der Waals surface area contributed by atoms with Crippen LogP contribution in [-0.2, 0) is 6.54 Å². The largest absolute Gasteiger partial charge is 0.306 e. The van der Waals surface area contributed by atoms with E-state index in [0.29, 0.717) is 11.1 Å². The number of hydrogen-bond acceptors (Lipinski definition) is 2. The lowest BCUT2D eigenvalue weighted by molar-refractivity contribution is 0.541. The number of hydrogen-bond donors (Lipinski definition) is 1. The summed E-state index contributed by atoms with van der Waals surface area (Å²) in [6, 6.07) is 5.42. The van der Waals surface area contributed by atoms with Gasteiger partial charge in [-0.2, -0.15) is 5.10 Å². The molecular weight excluding hydrogens is 265 g/mol. The molecule has 0 amide bonds. The van der Waals surface area contributed by atoms with E-state index in [2.05, 4.69) is 24.3 Å². The molecule has 1 aromatic carbocycles. The van der Waals surface area contributed by atoms with Crippen LogP contribution < -0.4 is 5.32 Å². The number of rotatable bonds is 7. The number of benzene rings is 1. The Morgan fingerprint density at radius 2 is 2.10 bits per heavy atom. The molecule has 1 atom stereocenters. The molecule has 0 saturated heterocycles. The van der Waals surface area contributed by atoms with Crippen molar-refractivity contribution < 1.29 is 4.39 Å². The van der Waals surface area contributed by atoms with Crippen LogP contribution in [0.2, 0.25) is 0 Å². The van der Waals surface area contributed by atoms with Crippen LogP contribution in [0, 0.1) is 12.7 Å². The van der Waals surface area contributed by atoms with Crippen molar-refractivity contribution in [2.24, 2.45) is 0 Å². The summed E-state index contributed by atoms with van der Waals surface area (Å²) in [7, 11) is 0. The van der Waals surface area contributed by atoms with Gasteiger partial charge in [-0.1, -0.05) is 32.0 Å². The van der Waals surface area contributed by atoms with Crippen LogP contribution in [0.5, 0.6) is 0 Å². The van der Waals surface area contributed by atoms with E-state index in [-0.39, 0.29) is 11.9 Å². The van der Waals surface area contributed by atoms with Crippen LogP contribution in [0.4, 0.5) is 4.39 Å². The fourth-order valence-corrected chi connectivity index (χ4v) is 2.47. The summed E-state index contributed by atoms with van der Waals surface area (Å²) >= 11 is 0. The van der Waals surface area contributed by atoms with Crippen molar-refractivity contribution in [2.75, 3.05) is 6.54 Å². The van der Waals surface area contributed by atoms with Crippen LogP contribution in [0.3, 0.4) is 0 Å². The lowest BCUT2D eigenvalue weighted by Crippen LogP contribution is -2.24. The van der Waals surface area contributed by atoms with Gasteiger partial charge >= 0.3 is 0 Å². The molecule has 3 nitrogen and oxygen atoms in total. The first kappa shape index (κ1) is 15.7. The van der Waals surface area contributed by atoms with Crippen molar-refractivity contribution in [2.45, 2.75) is 46.2 Å². The average molecular weight is 289 g/mol. The van der Waals surface area contributed by atoms with Crippen molar-refractivity contribution in [1.29, 1.82) is 0 Å². The molecule has 0 fully saturated rings. The van der Waals surface area contributed by atoms with E-state index in [1.807, 2.05) is 29.2 Å². The molecule has 0 spiro atoms. The Kier molecular flexibility index (Phi) is 5.51. The third-order valence-electron chi connectivity index (χ3n) is 3.57. The molecule has 1 unspecified atom stereocenters. The molecule has 0 aliphatic heterocycles. The van der Waals surface area contributed by atoms with Gasteiger partial charge in [0.2, 0.25) is 0 Å². The molecule has 2 rings (SSSR count). The van der Waals surface area contributed by atoms with Gasteiger partial charge in [-0.05, 0) is 31.9 Å². The third kappa shape index (κ3) is 3.70. The van der Waals surface area contributed by atoms with Crippen LogP contribution in [0.1, 0.15) is 49.4 Å². The van der Waals surface area contributed by atoms with Gasteiger partial charge in [0.05, 0.1) is 12.2 Å². The number of halogens is 1. The lowest BCUT2D eigenvalue weighted by atomic mass is 9.99. The first-order valence-corrected chi connectivity index (χ1v) is 7.68. The maximum Gasteiger partial charge on any atom is 0.131 e. The Balaban J connectivity index is 2.34. The van der Waals surface area contributed by atoms with Gasteiger partial charge in [-0.3, -0.25) is 4.68 Å². The zero-order valence-electron chi connectivity index (χ0n) is 13.1. The second-order valence-corrected chi connectivity index (χ2v) is 5.40. The molecule has 0 radical (unpaired) electrons. The smallest absolute Gasteiger partial charge is 0.131 e. The van der Waals surface area contributed by atoms with Gasteiger partial charge in [-0.25, -0.2) is 4.39 Å². The first-order chi connectivity index (χ1) is 10.2. The van der Waals surface area contributed by atoms with Gasteiger partial charge in [-0.15, -0.1) is 0 Å². The van der Waals surface area contributed by atoms with Crippen LogP contribution >= 0.6 is 0 Å². The predicted octanol–water partition coefficient (Wildman–Crippen LogP) is 3.83. The Morgan fingerprint density at radius 1 is 1.29 bits per heavy atom. The lowest BCUT2D eigenvalue weighted by Gasteiger charge is -2.19. The third-order valence-corrected chi connectivity index (χ3v) is 3.57. The van der Waals surface area contributed by atoms with E-state index >= 15 is 0 Å². The topological polar surface area (TPSA) is 29.9 Å². The second-order valence-electron chi connectivity index (χ2n) is 5.40. The normalized spacial score (nSPS) is 12.6. The highest BCUT2D eigenvalue weighted by Gasteiger charge is 2.19. The van der Waals surface area contributed by atoms with Gasteiger partial charge in [0, 0.05) is 23.9 Å². The van der Waals surface area contributed by atoms with Crippen LogP contribution in [0.25, 0.3) is 0 Å². The minimum absolute atomic E-state index is 0.130. The van der Waals surface area contributed by atoms with Crippen molar-refractivity contribution in [1.82, 2.24) is 15.1 Å². The molecular formula is C17H24FN3. The highest BCUT2D eigenvalue weighted by Crippen LogP contribution is 2.25. The first-order valence-electron chi connectivity index (χ1n) is 7.68. The van der Waals surface area contributed by atoms with Crippen molar-refractivity contribution in [3.8, 4) is 0 Å². The summed E-state index contributed by atoms with van der Waals surface area (Å²) in [5.74, 6) is -0.130. The highest BCUT2D eigenvalue weighted by molar-refractivity contribution is 5.33. The maximum absolute atomic E-state index is 14.5. The van der Waals surface area contributed by atoms with Gasteiger partial charge in [0.15, 0.2) is 0 Å². The second kappa shape index (κ2) is 7.36. The van der Waals surface area contributed by atoms with E-state index in [9.17, 15) is 4.39 Å². The monoisotopic (exact) mass is 289 g/mol. The Morgan fingerprint density at radius 3 is 2.81 bits per heavy atom. The molecule has 0 bridgehead atoms. The summed E-state index contributed by atoms with van der Waals surface area (Å²) in [6.45, 7) is 7.76. The standard InChI is InChI=1S/C17H24FN3/c1-4-9-19-17(14-11-20-21(12-14)10-5-2)15-8-6-7-13(3)16(15)18/h6-8,11-12,17,19H,4-5,9-10H2,1-3H3. The molecule has 21 heavy (non-hydrogen) atoms. The summed E-state index contributed by atoms with van der Waals surface area (Å²) in [5.41, 5.74) is 2.39. The summed E-state index contributed by atoms with van der Waals surface area (Å²) < 4.78 is 16.4. The molecule has 0 aliphatic rings. The van der Waals surface area contributed by atoms with Crippen molar-refractivity contribution in [3.05, 3.63) is 53.1 Å². The fraction of sp³-hybridized carbons (Fsp3) is 0.471. The molecule has 114 valence electrons. The van der Waals surface area contributed by atoms with E-state index in [1.54, 1.807) is 13.0 Å². The number of nitrogens with zero attached hydrogens (tertiary/aromatic N) is 2. The van der Waals surface area contributed by atoms with Gasteiger partial charge < -0.3 is 5.32 Å². The fourth-order valence-electron chi connectivity index (χ4n) is 2.47. The number of aryl methyl sites for hydroxylation is 2. The highest BCUT2D eigenvalue weighted by atomic mass is 19.1. The zero-order valence-corrected chi connectivity index (χ0v) is 13.1. The summed E-state index contributed by atoms with van der Waals surface area (Å²) in [6.07, 6.45) is 5.89. The number of aromatic nitrogens is 2. The molecule has 2 aromatic rings. The van der Waals surface area contributed by atoms with Crippen LogP contribution in [0.15, 0.2) is 30.6 Å². The molecule has 4 heteroatoms. The van der Waals surface area contributed by atoms with Gasteiger partial charge in [0.1, 0.15) is 5.82 Å². The Hall–Kier alpha value is -1.68. The van der Waals surface area contributed by atoms with Crippen molar-refractivity contribution in [3.63, 3.8) is 0 Å². The zero-order chi connectivity index (χ0) is 15.2. The molecule has 0 aliphatic carbocycles. The predicted molar refractivity (Wildman–Crippen MR) is 83.8 cm³/mol.